The summed E-state index contributed by atoms with van der Waals surface area (Å²) in [5.74, 6) is 0. The maximum absolute atomic E-state index is 6.01. The molecule has 88 valence electrons. The fourth-order valence-corrected chi connectivity index (χ4v) is 2.47. The Kier molecular flexibility index (Phi) is 3.49. The highest BCUT2D eigenvalue weighted by Gasteiger charge is 2.23. The van der Waals surface area contributed by atoms with Crippen LogP contribution in [0.15, 0.2) is 18.2 Å². The van der Waals surface area contributed by atoms with E-state index >= 15 is 0 Å². The summed E-state index contributed by atoms with van der Waals surface area (Å²) in [6.07, 6.45) is 3.90. The van der Waals surface area contributed by atoms with Crippen LogP contribution in [-0.4, -0.2) is 10.9 Å². The van der Waals surface area contributed by atoms with Crippen LogP contribution in [0.4, 0.5) is 5.69 Å². The second-order valence-corrected chi connectivity index (χ2v) is 4.88. The topological polar surface area (TPSA) is 29.3 Å². The van der Waals surface area contributed by atoms with E-state index in [1.165, 1.54) is 30.4 Å². The molecule has 0 saturated heterocycles. The quantitative estimate of drug-likeness (QED) is 0.787. The summed E-state index contributed by atoms with van der Waals surface area (Å²) in [6.45, 7) is 6.69. The Morgan fingerprint density at radius 1 is 1.38 bits per heavy atom. The summed E-state index contributed by atoms with van der Waals surface area (Å²) in [5, 5.41) is 0. The van der Waals surface area contributed by atoms with Crippen molar-refractivity contribution in [2.45, 2.75) is 52.2 Å². The van der Waals surface area contributed by atoms with Crippen LogP contribution in [0.5, 0.6) is 0 Å². The second kappa shape index (κ2) is 4.88. The Labute approximate surface area is 98.4 Å². The van der Waals surface area contributed by atoms with Gasteiger partial charge >= 0.3 is 0 Å². The van der Waals surface area contributed by atoms with E-state index in [4.69, 9.17) is 5.73 Å². The van der Waals surface area contributed by atoms with Crippen molar-refractivity contribution in [3.8, 4) is 0 Å². The third-order valence-corrected chi connectivity index (χ3v) is 3.64. The average Bonchev–Trinajstić information content (AvgIpc) is 2.71. The normalized spacial score (nSPS) is 17.4. The van der Waals surface area contributed by atoms with E-state index in [-0.39, 0.29) is 0 Å². The molecule has 0 aromatic heterocycles. The molecule has 0 spiro atoms. The highest BCUT2D eigenvalue weighted by molar-refractivity contribution is 5.52. The van der Waals surface area contributed by atoms with Crippen LogP contribution in [-0.2, 0) is 13.1 Å². The molecule has 2 heteroatoms. The first kappa shape index (κ1) is 11.5. The van der Waals surface area contributed by atoms with Crippen LogP contribution >= 0.6 is 0 Å². The summed E-state index contributed by atoms with van der Waals surface area (Å²) in [5.41, 5.74) is 9.74. The predicted molar refractivity (Wildman–Crippen MR) is 69.1 cm³/mol. The van der Waals surface area contributed by atoms with E-state index in [2.05, 4.69) is 30.9 Å². The minimum Gasteiger partial charge on any atom is -0.398 e. The van der Waals surface area contributed by atoms with Crippen molar-refractivity contribution >= 4 is 5.69 Å². The number of unbranched alkanes of at least 4 members (excludes halogenated alkanes) is 1. The number of nitrogens with two attached hydrogens (primary N) is 1. The monoisotopic (exact) mass is 218 g/mol. The van der Waals surface area contributed by atoms with Gasteiger partial charge in [-0.15, -0.1) is 0 Å². The maximum atomic E-state index is 6.01. The fourth-order valence-electron chi connectivity index (χ4n) is 2.47. The lowest BCUT2D eigenvalue weighted by Gasteiger charge is -2.23. The molecule has 1 aromatic rings. The van der Waals surface area contributed by atoms with Gasteiger partial charge in [-0.2, -0.15) is 0 Å². The van der Waals surface area contributed by atoms with Crippen LogP contribution in [0.1, 0.15) is 44.2 Å². The Balaban J connectivity index is 2.02. The van der Waals surface area contributed by atoms with E-state index in [1.54, 1.807) is 0 Å². The summed E-state index contributed by atoms with van der Waals surface area (Å²) in [6, 6.07) is 6.96. The minimum atomic E-state index is 0.673. The molecule has 1 aromatic carbocycles. The van der Waals surface area contributed by atoms with Crippen molar-refractivity contribution in [1.29, 1.82) is 0 Å². The molecular formula is C14H22N2. The van der Waals surface area contributed by atoms with Crippen molar-refractivity contribution in [1.82, 2.24) is 4.90 Å². The Morgan fingerprint density at radius 2 is 2.19 bits per heavy atom. The van der Waals surface area contributed by atoms with Gasteiger partial charge in [0, 0.05) is 24.8 Å². The number of rotatable bonds is 4. The van der Waals surface area contributed by atoms with Crippen molar-refractivity contribution in [3.05, 3.63) is 29.3 Å². The smallest absolute Gasteiger partial charge is 0.0363 e. The molecule has 1 aliphatic rings. The first-order chi connectivity index (χ1) is 7.72. The predicted octanol–water partition coefficient (Wildman–Crippen LogP) is 3.16. The largest absolute Gasteiger partial charge is 0.398 e. The molecule has 0 saturated carbocycles. The zero-order chi connectivity index (χ0) is 11.5. The molecule has 2 nitrogen and oxygen atoms in total. The number of hydrogen-bond acceptors (Lipinski definition) is 2. The molecule has 1 atom stereocenters. The lowest BCUT2D eigenvalue weighted by atomic mass is 10.1. The molecular weight excluding hydrogens is 196 g/mol. The van der Waals surface area contributed by atoms with Gasteiger partial charge in [-0.3, -0.25) is 4.90 Å². The summed E-state index contributed by atoms with van der Waals surface area (Å²) in [7, 11) is 0. The van der Waals surface area contributed by atoms with Gasteiger partial charge in [0.25, 0.3) is 0 Å². The zero-order valence-corrected chi connectivity index (χ0v) is 10.4. The number of fused-ring (bicyclic) bond motifs is 1. The molecule has 0 amide bonds. The molecule has 0 radical (unpaired) electrons. The first-order valence-corrected chi connectivity index (χ1v) is 6.32. The molecule has 0 bridgehead atoms. The van der Waals surface area contributed by atoms with Gasteiger partial charge in [-0.25, -0.2) is 0 Å². The van der Waals surface area contributed by atoms with Crippen LogP contribution in [0, 0.1) is 0 Å². The summed E-state index contributed by atoms with van der Waals surface area (Å²) in [4.78, 5) is 2.54. The number of nitrogens with zero attached hydrogens (tertiary/aromatic N) is 1. The van der Waals surface area contributed by atoms with E-state index in [1.807, 2.05) is 6.07 Å². The molecule has 1 heterocycles. The fraction of sp³-hybridized carbons (Fsp3) is 0.571. The van der Waals surface area contributed by atoms with Crippen LogP contribution < -0.4 is 5.73 Å². The summed E-state index contributed by atoms with van der Waals surface area (Å²) < 4.78 is 0. The van der Waals surface area contributed by atoms with Crippen molar-refractivity contribution < 1.29 is 0 Å². The SMILES string of the molecule is CCCCC(C)N1Cc2cccc(N)c2C1. The van der Waals surface area contributed by atoms with Crippen molar-refractivity contribution in [2.75, 3.05) is 5.73 Å². The van der Waals surface area contributed by atoms with Gasteiger partial charge in [0.2, 0.25) is 0 Å². The van der Waals surface area contributed by atoms with Crippen LogP contribution in [0.25, 0.3) is 0 Å². The van der Waals surface area contributed by atoms with Crippen molar-refractivity contribution in [2.24, 2.45) is 0 Å². The Bertz CT molecular complexity index is 360. The maximum Gasteiger partial charge on any atom is 0.0363 e. The van der Waals surface area contributed by atoms with E-state index in [0.29, 0.717) is 6.04 Å². The first-order valence-electron chi connectivity index (χ1n) is 6.32. The molecule has 0 aliphatic carbocycles. The van der Waals surface area contributed by atoms with Crippen LogP contribution in [0.2, 0.25) is 0 Å². The molecule has 2 N–H and O–H groups in total. The van der Waals surface area contributed by atoms with Gasteiger partial charge in [0.05, 0.1) is 0 Å². The molecule has 2 rings (SSSR count). The Morgan fingerprint density at radius 3 is 2.88 bits per heavy atom. The third kappa shape index (κ3) is 2.22. The highest BCUT2D eigenvalue weighted by Crippen LogP contribution is 2.29. The second-order valence-electron chi connectivity index (χ2n) is 4.88. The zero-order valence-electron chi connectivity index (χ0n) is 10.4. The average molecular weight is 218 g/mol. The van der Waals surface area contributed by atoms with E-state index in [0.717, 1.165) is 18.8 Å². The Hall–Kier alpha value is -1.02. The molecule has 1 unspecified atom stereocenters. The lowest BCUT2D eigenvalue weighted by Crippen LogP contribution is -2.27. The van der Waals surface area contributed by atoms with Crippen LogP contribution in [0.3, 0.4) is 0 Å². The molecule has 16 heavy (non-hydrogen) atoms. The van der Waals surface area contributed by atoms with Gasteiger partial charge in [-0.1, -0.05) is 31.9 Å². The molecule has 1 aliphatic heterocycles. The molecule has 0 fully saturated rings. The van der Waals surface area contributed by atoms with Gasteiger partial charge in [-0.05, 0) is 30.5 Å². The van der Waals surface area contributed by atoms with Gasteiger partial charge in [0.15, 0.2) is 0 Å². The van der Waals surface area contributed by atoms with Gasteiger partial charge < -0.3 is 5.73 Å². The highest BCUT2D eigenvalue weighted by atomic mass is 15.2. The standard InChI is InChI=1S/C14H22N2/c1-3-4-6-11(2)16-9-12-7-5-8-14(15)13(12)10-16/h5,7-8,11H,3-4,6,9-10,15H2,1-2H3. The number of nitrogen functional groups attached to an aromatic ring is 1. The van der Waals surface area contributed by atoms with E-state index < -0.39 is 0 Å². The number of benzene rings is 1. The van der Waals surface area contributed by atoms with Crippen molar-refractivity contribution in [3.63, 3.8) is 0 Å². The summed E-state index contributed by atoms with van der Waals surface area (Å²) >= 11 is 0. The van der Waals surface area contributed by atoms with E-state index in [9.17, 15) is 0 Å². The number of anilines is 1. The lowest BCUT2D eigenvalue weighted by molar-refractivity contribution is 0.200. The number of hydrogen-bond donors (Lipinski definition) is 1. The van der Waals surface area contributed by atoms with Gasteiger partial charge in [0.1, 0.15) is 0 Å². The minimum absolute atomic E-state index is 0.673. The third-order valence-electron chi connectivity index (χ3n) is 3.64.